The zero-order valence-corrected chi connectivity index (χ0v) is 12.5. The molecular weight excluding hydrogens is 296 g/mol. The molecule has 2 aromatic carbocycles. The topological polar surface area (TPSA) is 63.4 Å². The molecule has 0 atom stereocenters. The van der Waals surface area contributed by atoms with E-state index in [0.29, 0.717) is 22.9 Å². The molecule has 0 aromatic heterocycles. The number of sulfonamides is 1. The van der Waals surface area contributed by atoms with Gasteiger partial charge in [0.05, 0.1) is 21.3 Å². The lowest BCUT2D eigenvalue weighted by Gasteiger charge is -2.23. The summed E-state index contributed by atoms with van der Waals surface area (Å²) in [5.41, 5.74) is 6.59. The number of benzene rings is 2. The number of hydrogen-bond acceptors (Lipinski definition) is 3. The number of nitrogen functional groups attached to an aromatic ring is 1. The van der Waals surface area contributed by atoms with Gasteiger partial charge in [0.1, 0.15) is 0 Å². The van der Waals surface area contributed by atoms with E-state index < -0.39 is 10.0 Å². The number of rotatable bonds is 4. The Hall–Kier alpha value is -1.72. The summed E-state index contributed by atoms with van der Waals surface area (Å²) in [4.78, 5) is 0.246. The molecular formula is C14H15ClN2O2S. The van der Waals surface area contributed by atoms with Crippen molar-refractivity contribution in [2.75, 3.05) is 16.6 Å². The fourth-order valence-corrected chi connectivity index (χ4v) is 3.50. The van der Waals surface area contributed by atoms with Crippen LogP contribution < -0.4 is 10.0 Å². The molecule has 0 radical (unpaired) electrons. The maximum Gasteiger partial charge on any atom is 0.264 e. The van der Waals surface area contributed by atoms with Gasteiger partial charge in [0.25, 0.3) is 10.0 Å². The van der Waals surface area contributed by atoms with Crippen LogP contribution in [0.5, 0.6) is 0 Å². The highest BCUT2D eigenvalue weighted by atomic mass is 35.5. The largest absolute Gasteiger partial charge is 0.397 e. The van der Waals surface area contributed by atoms with Gasteiger partial charge in [-0.05, 0) is 37.3 Å². The molecule has 0 spiro atoms. The zero-order valence-electron chi connectivity index (χ0n) is 11.0. The average Bonchev–Trinajstić information content (AvgIpc) is 2.44. The van der Waals surface area contributed by atoms with Crippen LogP contribution in [-0.2, 0) is 10.0 Å². The van der Waals surface area contributed by atoms with Gasteiger partial charge in [-0.3, -0.25) is 4.31 Å². The van der Waals surface area contributed by atoms with E-state index >= 15 is 0 Å². The molecule has 0 bridgehead atoms. The Morgan fingerprint density at radius 3 is 2.35 bits per heavy atom. The van der Waals surface area contributed by atoms with Crippen molar-refractivity contribution < 1.29 is 8.42 Å². The van der Waals surface area contributed by atoms with Gasteiger partial charge in [-0.15, -0.1) is 0 Å². The summed E-state index contributed by atoms with van der Waals surface area (Å²) in [6.07, 6.45) is 0. The number of nitrogens with two attached hydrogens (primary N) is 1. The monoisotopic (exact) mass is 310 g/mol. The van der Waals surface area contributed by atoms with Crippen molar-refractivity contribution in [1.82, 2.24) is 0 Å². The van der Waals surface area contributed by atoms with Crippen molar-refractivity contribution in [2.45, 2.75) is 11.8 Å². The number of hydrogen-bond donors (Lipinski definition) is 1. The summed E-state index contributed by atoms with van der Waals surface area (Å²) in [5, 5.41) is 0.405. The second-order valence-electron chi connectivity index (χ2n) is 4.19. The molecule has 2 N–H and O–H groups in total. The van der Waals surface area contributed by atoms with Crippen LogP contribution in [0.4, 0.5) is 11.4 Å². The average molecular weight is 311 g/mol. The highest BCUT2D eigenvalue weighted by molar-refractivity contribution is 7.92. The van der Waals surface area contributed by atoms with Gasteiger partial charge >= 0.3 is 0 Å². The highest BCUT2D eigenvalue weighted by Gasteiger charge is 2.23. The summed E-state index contributed by atoms with van der Waals surface area (Å²) < 4.78 is 26.5. The van der Waals surface area contributed by atoms with Gasteiger partial charge in [0.15, 0.2) is 0 Å². The molecule has 4 nitrogen and oxygen atoms in total. The number of nitrogens with zero attached hydrogens (tertiary/aromatic N) is 1. The van der Waals surface area contributed by atoms with Crippen molar-refractivity contribution in [3.8, 4) is 0 Å². The van der Waals surface area contributed by atoms with E-state index in [1.807, 2.05) is 0 Å². The molecule has 0 saturated carbocycles. The minimum atomic E-state index is -3.60. The second kappa shape index (κ2) is 5.73. The molecule has 0 unspecified atom stereocenters. The minimum Gasteiger partial charge on any atom is -0.397 e. The van der Waals surface area contributed by atoms with Gasteiger partial charge < -0.3 is 5.73 Å². The molecule has 106 valence electrons. The molecule has 0 saturated heterocycles. The summed E-state index contributed by atoms with van der Waals surface area (Å²) >= 11 is 5.87. The van der Waals surface area contributed by atoms with Crippen LogP contribution in [0.3, 0.4) is 0 Å². The molecule has 0 aliphatic rings. The van der Waals surface area contributed by atoms with Crippen molar-refractivity contribution >= 4 is 33.0 Å². The normalized spacial score (nSPS) is 11.3. The Kier molecular flexibility index (Phi) is 4.20. The maximum absolute atomic E-state index is 12.6. The van der Waals surface area contributed by atoms with E-state index in [0.717, 1.165) is 0 Å². The van der Waals surface area contributed by atoms with E-state index in [2.05, 4.69) is 0 Å². The molecule has 2 rings (SSSR count). The summed E-state index contributed by atoms with van der Waals surface area (Å²) in [7, 11) is -3.60. The van der Waals surface area contributed by atoms with Crippen molar-refractivity contribution in [1.29, 1.82) is 0 Å². The van der Waals surface area contributed by atoms with Crippen molar-refractivity contribution in [3.05, 3.63) is 53.6 Å². The Labute approximate surface area is 123 Å². The molecule has 0 heterocycles. The van der Waals surface area contributed by atoms with E-state index in [-0.39, 0.29) is 4.90 Å². The summed E-state index contributed by atoms with van der Waals surface area (Å²) in [6, 6.07) is 13.1. The summed E-state index contributed by atoms with van der Waals surface area (Å²) in [5.74, 6) is 0. The van der Waals surface area contributed by atoms with E-state index in [9.17, 15) is 8.42 Å². The fraction of sp³-hybridized carbons (Fsp3) is 0.143. The first-order valence-electron chi connectivity index (χ1n) is 6.09. The fourth-order valence-electron chi connectivity index (χ4n) is 1.90. The molecule has 20 heavy (non-hydrogen) atoms. The van der Waals surface area contributed by atoms with Gasteiger partial charge in [0.2, 0.25) is 0 Å². The number of halogens is 1. The van der Waals surface area contributed by atoms with Crippen LogP contribution in [0.15, 0.2) is 53.4 Å². The van der Waals surface area contributed by atoms with Gasteiger partial charge in [0, 0.05) is 6.54 Å². The van der Waals surface area contributed by atoms with Crippen LogP contribution in [0.2, 0.25) is 5.02 Å². The van der Waals surface area contributed by atoms with Crippen molar-refractivity contribution in [2.24, 2.45) is 0 Å². The van der Waals surface area contributed by atoms with Crippen LogP contribution in [0.1, 0.15) is 6.92 Å². The Bertz CT molecular complexity index is 702. The molecule has 0 aliphatic heterocycles. The first-order valence-corrected chi connectivity index (χ1v) is 7.91. The Morgan fingerprint density at radius 1 is 1.15 bits per heavy atom. The minimum absolute atomic E-state index is 0.246. The third-order valence-corrected chi connectivity index (χ3v) is 5.15. The maximum atomic E-state index is 12.6. The van der Waals surface area contributed by atoms with Crippen LogP contribution in [0, 0.1) is 0 Å². The van der Waals surface area contributed by atoms with E-state index in [4.69, 9.17) is 17.3 Å². The predicted octanol–water partition coefficient (Wildman–Crippen LogP) is 3.14. The highest BCUT2D eigenvalue weighted by Crippen LogP contribution is 2.28. The van der Waals surface area contributed by atoms with Crippen LogP contribution in [0.25, 0.3) is 0 Å². The molecule has 0 aliphatic carbocycles. The zero-order chi connectivity index (χ0) is 14.8. The third kappa shape index (κ3) is 2.73. The standard InChI is InChI=1S/C14H15ClN2O2S/c1-2-17(11-8-9-13(15)14(16)10-11)20(18,19)12-6-4-3-5-7-12/h3-10H,2,16H2,1H3. The smallest absolute Gasteiger partial charge is 0.264 e. The Balaban J connectivity index is 2.49. The number of anilines is 2. The second-order valence-corrected chi connectivity index (χ2v) is 6.46. The van der Waals surface area contributed by atoms with E-state index in [1.54, 1.807) is 55.5 Å². The van der Waals surface area contributed by atoms with Gasteiger partial charge in [-0.25, -0.2) is 8.42 Å². The molecule has 0 amide bonds. The lowest BCUT2D eigenvalue weighted by Crippen LogP contribution is -2.30. The molecule has 0 fully saturated rings. The van der Waals surface area contributed by atoms with Gasteiger partial charge in [-0.2, -0.15) is 0 Å². The van der Waals surface area contributed by atoms with Crippen molar-refractivity contribution in [3.63, 3.8) is 0 Å². The lowest BCUT2D eigenvalue weighted by molar-refractivity contribution is 0.592. The van der Waals surface area contributed by atoms with Gasteiger partial charge in [-0.1, -0.05) is 29.8 Å². The Morgan fingerprint density at radius 2 is 1.80 bits per heavy atom. The first kappa shape index (κ1) is 14.7. The molecule has 2 aromatic rings. The SMILES string of the molecule is CCN(c1ccc(Cl)c(N)c1)S(=O)(=O)c1ccccc1. The summed E-state index contributed by atoms with van der Waals surface area (Å²) in [6.45, 7) is 2.07. The van der Waals surface area contributed by atoms with Crippen LogP contribution >= 0.6 is 11.6 Å². The first-order chi connectivity index (χ1) is 9.46. The lowest BCUT2D eigenvalue weighted by atomic mass is 10.3. The van der Waals surface area contributed by atoms with E-state index in [1.165, 1.54) is 4.31 Å². The molecule has 6 heteroatoms. The quantitative estimate of drug-likeness (QED) is 0.882. The van der Waals surface area contributed by atoms with Crippen LogP contribution in [-0.4, -0.2) is 15.0 Å². The predicted molar refractivity (Wildman–Crippen MR) is 82.5 cm³/mol. The third-order valence-electron chi connectivity index (χ3n) is 2.89.